The van der Waals surface area contributed by atoms with Crippen molar-refractivity contribution in [1.82, 2.24) is 9.55 Å². The van der Waals surface area contributed by atoms with Crippen molar-refractivity contribution in [3.63, 3.8) is 0 Å². The zero-order chi connectivity index (χ0) is 14.7. The third-order valence-electron chi connectivity index (χ3n) is 2.86. The van der Waals surface area contributed by atoms with Gasteiger partial charge in [0.05, 0.1) is 10.7 Å². The molecule has 1 heterocycles. The molecule has 20 heavy (non-hydrogen) atoms. The Hall–Kier alpha value is -2.01. The van der Waals surface area contributed by atoms with Crippen LogP contribution in [0.15, 0.2) is 30.6 Å². The maximum atomic E-state index is 12.0. The number of benzene rings is 1. The highest BCUT2D eigenvalue weighted by atomic mass is 35.5. The van der Waals surface area contributed by atoms with Crippen LogP contribution in [0.3, 0.4) is 0 Å². The summed E-state index contributed by atoms with van der Waals surface area (Å²) in [5.41, 5.74) is 6.77. The van der Waals surface area contributed by atoms with Gasteiger partial charge in [0.2, 0.25) is 5.91 Å². The summed E-state index contributed by atoms with van der Waals surface area (Å²) in [7, 11) is 0. The Morgan fingerprint density at radius 3 is 2.90 bits per heavy atom. The molecular formula is C14H17ClN4O. The Morgan fingerprint density at radius 2 is 2.25 bits per heavy atom. The van der Waals surface area contributed by atoms with E-state index in [4.69, 9.17) is 17.3 Å². The summed E-state index contributed by atoms with van der Waals surface area (Å²) in [6.45, 7) is 4.29. The number of nitrogens with one attached hydrogen (secondary N) is 1. The third-order valence-corrected chi connectivity index (χ3v) is 3.20. The van der Waals surface area contributed by atoms with Gasteiger partial charge in [-0.05, 0) is 18.2 Å². The molecule has 0 spiro atoms. The van der Waals surface area contributed by atoms with E-state index < -0.39 is 0 Å². The highest BCUT2D eigenvalue weighted by Crippen LogP contribution is 2.22. The van der Waals surface area contributed by atoms with Gasteiger partial charge in [0.25, 0.3) is 0 Å². The normalized spacial score (nSPS) is 10.8. The van der Waals surface area contributed by atoms with Gasteiger partial charge in [-0.3, -0.25) is 4.79 Å². The highest BCUT2D eigenvalue weighted by molar-refractivity contribution is 6.33. The topological polar surface area (TPSA) is 72.9 Å². The molecule has 0 fully saturated rings. The smallest absolute Gasteiger partial charge is 0.244 e. The van der Waals surface area contributed by atoms with Gasteiger partial charge >= 0.3 is 0 Å². The summed E-state index contributed by atoms with van der Waals surface area (Å²) in [5.74, 6) is 1.02. The molecule has 6 heteroatoms. The molecule has 1 aromatic heterocycles. The van der Waals surface area contributed by atoms with Crippen molar-refractivity contribution in [2.24, 2.45) is 0 Å². The van der Waals surface area contributed by atoms with E-state index in [1.807, 2.05) is 18.4 Å². The van der Waals surface area contributed by atoms with Crippen LogP contribution >= 0.6 is 11.6 Å². The molecule has 0 saturated carbocycles. The molecule has 0 unspecified atom stereocenters. The maximum absolute atomic E-state index is 12.0. The predicted octanol–water partition coefficient (Wildman–Crippen LogP) is 2.88. The first-order valence-electron chi connectivity index (χ1n) is 6.33. The quantitative estimate of drug-likeness (QED) is 0.851. The molecule has 2 aromatic rings. The molecule has 3 N–H and O–H groups in total. The van der Waals surface area contributed by atoms with E-state index in [1.165, 1.54) is 0 Å². The molecule has 0 aliphatic rings. The number of carbonyl (C=O) groups excluding carboxylic acids is 1. The number of imidazole rings is 1. The molecular weight excluding hydrogens is 276 g/mol. The fourth-order valence-corrected chi connectivity index (χ4v) is 2.05. The van der Waals surface area contributed by atoms with Crippen LogP contribution in [-0.2, 0) is 11.3 Å². The second-order valence-corrected chi connectivity index (χ2v) is 5.26. The summed E-state index contributed by atoms with van der Waals surface area (Å²) in [4.78, 5) is 16.3. The fourth-order valence-electron chi connectivity index (χ4n) is 1.93. The number of amides is 1. The number of hydrogen-bond acceptors (Lipinski definition) is 3. The number of carbonyl (C=O) groups is 1. The minimum atomic E-state index is -0.133. The lowest BCUT2D eigenvalue weighted by Crippen LogP contribution is -2.20. The van der Waals surface area contributed by atoms with Crippen LogP contribution in [-0.4, -0.2) is 15.5 Å². The number of rotatable bonds is 4. The van der Waals surface area contributed by atoms with Gasteiger partial charge < -0.3 is 15.6 Å². The van der Waals surface area contributed by atoms with Gasteiger partial charge in [0, 0.05) is 24.0 Å². The van der Waals surface area contributed by atoms with E-state index in [2.05, 4.69) is 10.3 Å². The van der Waals surface area contributed by atoms with Crippen molar-refractivity contribution >= 4 is 28.9 Å². The van der Waals surface area contributed by atoms with Crippen LogP contribution in [0, 0.1) is 0 Å². The predicted molar refractivity (Wildman–Crippen MR) is 80.8 cm³/mol. The van der Waals surface area contributed by atoms with Gasteiger partial charge in [-0.15, -0.1) is 0 Å². The van der Waals surface area contributed by atoms with Crippen LogP contribution < -0.4 is 11.1 Å². The SMILES string of the molecule is CC(C)c1nccn1CC(=O)Nc1ccc(Cl)c(N)c1. The largest absolute Gasteiger partial charge is 0.397 e. The third kappa shape index (κ3) is 3.30. The van der Waals surface area contributed by atoms with Crippen LogP contribution in [0.5, 0.6) is 0 Å². The Morgan fingerprint density at radius 1 is 1.50 bits per heavy atom. The van der Waals surface area contributed by atoms with E-state index in [1.54, 1.807) is 30.6 Å². The van der Waals surface area contributed by atoms with Crippen LogP contribution in [0.2, 0.25) is 5.02 Å². The van der Waals surface area contributed by atoms with Crippen molar-refractivity contribution in [1.29, 1.82) is 0 Å². The zero-order valence-corrected chi connectivity index (χ0v) is 12.2. The van der Waals surface area contributed by atoms with E-state index in [0.717, 1.165) is 5.82 Å². The average Bonchev–Trinajstić information content (AvgIpc) is 2.82. The first kappa shape index (κ1) is 14.4. The fraction of sp³-hybridized carbons (Fsp3) is 0.286. The lowest BCUT2D eigenvalue weighted by atomic mass is 10.2. The van der Waals surface area contributed by atoms with Crippen molar-refractivity contribution < 1.29 is 4.79 Å². The van der Waals surface area contributed by atoms with E-state index in [0.29, 0.717) is 16.4 Å². The molecule has 0 radical (unpaired) electrons. The number of nitrogen functional groups attached to an aromatic ring is 1. The molecule has 0 atom stereocenters. The standard InChI is InChI=1S/C14H17ClN4O/c1-9(2)14-17-5-6-19(14)8-13(20)18-10-3-4-11(15)12(16)7-10/h3-7,9H,8,16H2,1-2H3,(H,18,20). The molecule has 0 saturated heterocycles. The number of anilines is 2. The van der Waals surface area contributed by atoms with Crippen molar-refractivity contribution in [2.45, 2.75) is 26.3 Å². The zero-order valence-electron chi connectivity index (χ0n) is 11.4. The number of halogens is 1. The van der Waals surface area contributed by atoms with E-state index >= 15 is 0 Å². The van der Waals surface area contributed by atoms with Crippen LogP contribution in [0.25, 0.3) is 0 Å². The van der Waals surface area contributed by atoms with Gasteiger partial charge in [0.1, 0.15) is 12.4 Å². The first-order valence-corrected chi connectivity index (χ1v) is 6.71. The van der Waals surface area contributed by atoms with Crippen molar-refractivity contribution in [3.05, 3.63) is 41.4 Å². The number of nitrogens with zero attached hydrogens (tertiary/aromatic N) is 2. The van der Waals surface area contributed by atoms with Crippen LogP contribution in [0.1, 0.15) is 25.6 Å². The van der Waals surface area contributed by atoms with Crippen molar-refractivity contribution in [2.75, 3.05) is 11.1 Å². The molecule has 0 bridgehead atoms. The summed E-state index contributed by atoms with van der Waals surface area (Å²) >= 11 is 5.84. The summed E-state index contributed by atoms with van der Waals surface area (Å²) in [6, 6.07) is 5.01. The monoisotopic (exact) mass is 292 g/mol. The first-order chi connectivity index (χ1) is 9.47. The van der Waals surface area contributed by atoms with Gasteiger partial charge in [0.15, 0.2) is 0 Å². The molecule has 2 rings (SSSR count). The Kier molecular flexibility index (Phi) is 4.29. The molecule has 5 nitrogen and oxygen atoms in total. The number of aromatic nitrogens is 2. The average molecular weight is 293 g/mol. The maximum Gasteiger partial charge on any atom is 0.244 e. The lowest BCUT2D eigenvalue weighted by Gasteiger charge is -2.11. The molecule has 0 aliphatic heterocycles. The van der Waals surface area contributed by atoms with Crippen LogP contribution in [0.4, 0.5) is 11.4 Å². The molecule has 0 aliphatic carbocycles. The Labute approximate surface area is 122 Å². The second-order valence-electron chi connectivity index (χ2n) is 4.85. The van der Waals surface area contributed by atoms with Gasteiger partial charge in [-0.2, -0.15) is 0 Å². The van der Waals surface area contributed by atoms with Gasteiger partial charge in [-0.25, -0.2) is 4.98 Å². The molecule has 1 amide bonds. The number of nitrogens with two attached hydrogens (primary N) is 1. The van der Waals surface area contributed by atoms with E-state index in [9.17, 15) is 4.79 Å². The minimum absolute atomic E-state index is 0.133. The summed E-state index contributed by atoms with van der Waals surface area (Å²) < 4.78 is 1.83. The Bertz CT molecular complexity index is 621. The van der Waals surface area contributed by atoms with Crippen molar-refractivity contribution in [3.8, 4) is 0 Å². The lowest BCUT2D eigenvalue weighted by molar-refractivity contribution is -0.116. The molecule has 1 aromatic carbocycles. The highest BCUT2D eigenvalue weighted by Gasteiger charge is 2.11. The summed E-state index contributed by atoms with van der Waals surface area (Å²) in [6.07, 6.45) is 3.49. The van der Waals surface area contributed by atoms with E-state index in [-0.39, 0.29) is 18.4 Å². The molecule has 106 valence electrons. The Balaban J connectivity index is 2.05. The minimum Gasteiger partial charge on any atom is -0.397 e. The second kappa shape index (κ2) is 5.96. The number of hydrogen-bond donors (Lipinski definition) is 2. The van der Waals surface area contributed by atoms with Gasteiger partial charge in [-0.1, -0.05) is 25.4 Å². The summed E-state index contributed by atoms with van der Waals surface area (Å²) in [5, 5.41) is 3.26.